The molecule has 3 heteroatoms. The van der Waals surface area contributed by atoms with Crippen molar-refractivity contribution in [2.24, 2.45) is 5.41 Å². The average Bonchev–Trinajstić information content (AvgIpc) is 2.39. The Hall–Kier alpha value is -0.380. The first kappa shape index (κ1) is 13.6. The highest BCUT2D eigenvalue weighted by atomic mass is 79.9. The van der Waals surface area contributed by atoms with Gasteiger partial charge in [-0.05, 0) is 62.5 Å². The van der Waals surface area contributed by atoms with Crippen LogP contribution in [-0.2, 0) is 0 Å². The van der Waals surface area contributed by atoms with E-state index in [1.807, 2.05) is 0 Å². The van der Waals surface area contributed by atoms with Crippen LogP contribution in [0.4, 0.5) is 0 Å². The van der Waals surface area contributed by atoms with Crippen molar-refractivity contribution < 1.29 is 0 Å². The lowest BCUT2D eigenvalue weighted by Crippen LogP contribution is -2.51. The number of rotatable bonds is 1. The highest BCUT2D eigenvalue weighted by Gasteiger charge is 2.43. The van der Waals surface area contributed by atoms with Crippen LogP contribution < -0.4 is 5.32 Å². The zero-order chi connectivity index (χ0) is 13.3. The van der Waals surface area contributed by atoms with Gasteiger partial charge in [0.15, 0.2) is 0 Å². The maximum atomic E-state index is 3.62. The van der Waals surface area contributed by atoms with Crippen molar-refractivity contribution in [2.75, 3.05) is 33.2 Å². The zero-order valence-electron chi connectivity index (χ0n) is 11.7. The Labute approximate surface area is 124 Å². The molecular formula is C16H23BrN2. The maximum absolute atomic E-state index is 3.62. The summed E-state index contributed by atoms with van der Waals surface area (Å²) in [6.07, 6.45) is 4.05. The fourth-order valence-corrected chi connectivity index (χ4v) is 4.47. The molecule has 2 atom stereocenters. The highest BCUT2D eigenvalue weighted by Crippen LogP contribution is 2.47. The van der Waals surface area contributed by atoms with Crippen LogP contribution in [0.3, 0.4) is 0 Å². The van der Waals surface area contributed by atoms with E-state index < -0.39 is 0 Å². The van der Waals surface area contributed by atoms with Gasteiger partial charge in [0.2, 0.25) is 0 Å². The molecule has 0 radical (unpaired) electrons. The number of nitrogens with one attached hydrogen (secondary N) is 1. The van der Waals surface area contributed by atoms with Crippen LogP contribution in [0, 0.1) is 5.41 Å². The largest absolute Gasteiger partial charge is 0.316 e. The Kier molecular flexibility index (Phi) is 3.97. The molecule has 3 rings (SSSR count). The Bertz CT molecular complexity index is 444. The minimum Gasteiger partial charge on any atom is -0.316 e. The number of likely N-dealkylation sites (tertiary alicyclic amines) is 1. The first-order valence-corrected chi connectivity index (χ1v) is 8.14. The first-order chi connectivity index (χ1) is 9.20. The molecule has 1 aromatic rings. The molecule has 0 aromatic heterocycles. The third kappa shape index (κ3) is 2.74. The molecule has 2 unspecified atom stereocenters. The normalized spacial score (nSPS) is 32.6. The van der Waals surface area contributed by atoms with Gasteiger partial charge >= 0.3 is 0 Å². The summed E-state index contributed by atoms with van der Waals surface area (Å²) >= 11 is 3.62. The Morgan fingerprint density at radius 3 is 3.05 bits per heavy atom. The molecular weight excluding hydrogens is 300 g/mol. The molecule has 0 saturated carbocycles. The second kappa shape index (κ2) is 5.55. The van der Waals surface area contributed by atoms with E-state index in [9.17, 15) is 0 Å². The number of halogens is 1. The Balaban J connectivity index is 1.92. The molecule has 2 nitrogen and oxygen atoms in total. The number of piperidine rings is 2. The summed E-state index contributed by atoms with van der Waals surface area (Å²) in [5.74, 6) is 0.654. The molecule has 19 heavy (non-hydrogen) atoms. The van der Waals surface area contributed by atoms with Crippen LogP contribution in [-0.4, -0.2) is 38.1 Å². The molecule has 1 spiro atoms. The van der Waals surface area contributed by atoms with Gasteiger partial charge in [0.25, 0.3) is 0 Å². The summed E-state index contributed by atoms with van der Waals surface area (Å²) in [5.41, 5.74) is 1.98. The van der Waals surface area contributed by atoms with Crippen molar-refractivity contribution in [1.29, 1.82) is 0 Å². The van der Waals surface area contributed by atoms with Crippen LogP contribution >= 0.6 is 15.9 Å². The lowest BCUT2D eigenvalue weighted by molar-refractivity contribution is 0.0540. The minimum absolute atomic E-state index is 0.485. The Morgan fingerprint density at radius 2 is 2.26 bits per heavy atom. The van der Waals surface area contributed by atoms with Crippen molar-refractivity contribution in [1.82, 2.24) is 10.2 Å². The lowest BCUT2D eigenvalue weighted by Gasteiger charge is -2.50. The second-order valence-corrected chi connectivity index (χ2v) is 7.18. The summed E-state index contributed by atoms with van der Waals surface area (Å²) < 4.78 is 1.20. The standard InChI is InChI=1S/C16H23BrN2/c1-19-9-3-6-16(12-19)7-8-18-11-15(16)13-4-2-5-14(17)10-13/h2,4-5,10,15,18H,3,6-9,11-12H2,1H3. The summed E-state index contributed by atoms with van der Waals surface area (Å²) in [4.78, 5) is 2.53. The van der Waals surface area contributed by atoms with E-state index in [0.29, 0.717) is 11.3 Å². The van der Waals surface area contributed by atoms with E-state index in [-0.39, 0.29) is 0 Å². The third-order valence-electron chi connectivity index (χ3n) is 4.94. The number of benzene rings is 1. The smallest absolute Gasteiger partial charge is 0.0178 e. The summed E-state index contributed by atoms with van der Waals surface area (Å²) in [6.45, 7) is 4.83. The fraction of sp³-hybridized carbons (Fsp3) is 0.625. The van der Waals surface area contributed by atoms with Crippen molar-refractivity contribution in [3.8, 4) is 0 Å². The van der Waals surface area contributed by atoms with E-state index in [1.54, 1.807) is 0 Å². The van der Waals surface area contributed by atoms with Gasteiger partial charge in [0, 0.05) is 23.5 Å². The van der Waals surface area contributed by atoms with Gasteiger partial charge in [0.05, 0.1) is 0 Å². The SMILES string of the molecule is CN1CCCC2(CCNCC2c2cccc(Br)c2)C1. The third-order valence-corrected chi connectivity index (χ3v) is 5.43. The molecule has 1 aromatic carbocycles. The molecule has 2 aliphatic rings. The average molecular weight is 323 g/mol. The van der Waals surface area contributed by atoms with Crippen LogP contribution in [0.1, 0.15) is 30.7 Å². The van der Waals surface area contributed by atoms with Crippen LogP contribution in [0.15, 0.2) is 28.7 Å². The Morgan fingerprint density at radius 1 is 1.37 bits per heavy atom. The van der Waals surface area contributed by atoms with E-state index >= 15 is 0 Å². The van der Waals surface area contributed by atoms with Gasteiger partial charge in [-0.2, -0.15) is 0 Å². The van der Waals surface area contributed by atoms with E-state index in [0.717, 1.165) is 6.54 Å². The van der Waals surface area contributed by atoms with Gasteiger partial charge in [-0.1, -0.05) is 28.1 Å². The maximum Gasteiger partial charge on any atom is 0.0178 e. The van der Waals surface area contributed by atoms with Crippen molar-refractivity contribution in [3.05, 3.63) is 34.3 Å². The second-order valence-electron chi connectivity index (χ2n) is 6.27. The fourth-order valence-electron chi connectivity index (χ4n) is 4.05. The van der Waals surface area contributed by atoms with Gasteiger partial charge < -0.3 is 10.2 Å². The predicted octanol–water partition coefficient (Wildman–Crippen LogP) is 3.24. The van der Waals surface area contributed by atoms with Gasteiger partial charge in [-0.3, -0.25) is 0 Å². The molecule has 0 aliphatic carbocycles. The lowest BCUT2D eigenvalue weighted by atomic mass is 9.64. The topological polar surface area (TPSA) is 15.3 Å². The molecule has 2 fully saturated rings. The molecule has 2 heterocycles. The van der Waals surface area contributed by atoms with Gasteiger partial charge in [-0.15, -0.1) is 0 Å². The number of nitrogens with zero attached hydrogens (tertiary/aromatic N) is 1. The number of hydrogen-bond donors (Lipinski definition) is 1. The first-order valence-electron chi connectivity index (χ1n) is 7.34. The zero-order valence-corrected chi connectivity index (χ0v) is 13.2. The molecule has 0 amide bonds. The van der Waals surface area contributed by atoms with E-state index in [2.05, 4.69) is 57.5 Å². The van der Waals surface area contributed by atoms with Crippen LogP contribution in [0.5, 0.6) is 0 Å². The van der Waals surface area contributed by atoms with Crippen molar-refractivity contribution in [3.63, 3.8) is 0 Å². The molecule has 0 bridgehead atoms. The van der Waals surface area contributed by atoms with Gasteiger partial charge in [-0.25, -0.2) is 0 Å². The summed E-state index contributed by atoms with van der Waals surface area (Å²) in [5, 5.41) is 3.61. The quantitative estimate of drug-likeness (QED) is 0.853. The van der Waals surface area contributed by atoms with Crippen LogP contribution in [0.25, 0.3) is 0 Å². The molecule has 2 saturated heterocycles. The van der Waals surface area contributed by atoms with Crippen LogP contribution in [0.2, 0.25) is 0 Å². The molecule has 1 N–H and O–H groups in total. The van der Waals surface area contributed by atoms with Crippen molar-refractivity contribution >= 4 is 15.9 Å². The predicted molar refractivity (Wildman–Crippen MR) is 83.5 cm³/mol. The summed E-state index contributed by atoms with van der Waals surface area (Å²) in [7, 11) is 2.28. The molecule has 2 aliphatic heterocycles. The number of hydrogen-bond acceptors (Lipinski definition) is 2. The van der Waals surface area contributed by atoms with E-state index in [4.69, 9.17) is 0 Å². The minimum atomic E-state index is 0.485. The highest BCUT2D eigenvalue weighted by molar-refractivity contribution is 9.10. The summed E-state index contributed by atoms with van der Waals surface area (Å²) in [6, 6.07) is 8.92. The monoisotopic (exact) mass is 322 g/mol. The van der Waals surface area contributed by atoms with E-state index in [1.165, 1.54) is 48.9 Å². The van der Waals surface area contributed by atoms with Crippen molar-refractivity contribution in [2.45, 2.75) is 25.2 Å². The van der Waals surface area contributed by atoms with Gasteiger partial charge in [0.1, 0.15) is 0 Å². The molecule has 104 valence electrons.